The van der Waals surface area contributed by atoms with Gasteiger partial charge in [0.05, 0.1) is 10.0 Å². The fraction of sp³-hybridized carbons (Fsp3) is 0.0714. The van der Waals surface area contributed by atoms with Crippen LogP contribution in [0.1, 0.15) is 22.0 Å². The molecule has 2 nitrogen and oxygen atoms in total. The molecular weight excluding hydrogens is 318 g/mol. The van der Waals surface area contributed by atoms with Crippen LogP contribution in [-0.2, 0) is 0 Å². The summed E-state index contributed by atoms with van der Waals surface area (Å²) >= 11 is 2.88. The molecule has 0 aliphatic heterocycles. The Kier molecular flexibility index (Phi) is 4.07. The summed E-state index contributed by atoms with van der Waals surface area (Å²) in [4.78, 5) is 12.0. The van der Waals surface area contributed by atoms with E-state index < -0.39 is 29.1 Å². The van der Waals surface area contributed by atoms with Gasteiger partial charge in [-0.3, -0.25) is 4.79 Å². The Balaban J connectivity index is 2.43. The third-order valence-electron chi connectivity index (χ3n) is 2.65. The van der Waals surface area contributed by atoms with E-state index in [0.29, 0.717) is 0 Å². The van der Waals surface area contributed by atoms with Crippen LogP contribution in [0.15, 0.2) is 46.9 Å². The third kappa shape index (κ3) is 2.72. The van der Waals surface area contributed by atoms with Crippen molar-refractivity contribution >= 4 is 21.7 Å². The fourth-order valence-electron chi connectivity index (χ4n) is 1.68. The van der Waals surface area contributed by atoms with Gasteiger partial charge in [-0.1, -0.05) is 30.3 Å². The number of ketones is 1. The summed E-state index contributed by atoms with van der Waals surface area (Å²) in [5.74, 6) is -3.02. The van der Waals surface area contributed by atoms with Crippen molar-refractivity contribution in [2.24, 2.45) is 0 Å². The maximum atomic E-state index is 13.8. The molecule has 0 spiro atoms. The van der Waals surface area contributed by atoms with Crippen LogP contribution in [0, 0.1) is 11.6 Å². The molecule has 0 saturated heterocycles. The Morgan fingerprint density at radius 2 is 1.74 bits per heavy atom. The van der Waals surface area contributed by atoms with Crippen molar-refractivity contribution in [3.63, 3.8) is 0 Å². The average Bonchev–Trinajstić information content (AvgIpc) is 2.43. The molecule has 0 bridgehead atoms. The van der Waals surface area contributed by atoms with Crippen molar-refractivity contribution in [2.75, 3.05) is 0 Å². The Bertz CT molecular complexity index is 614. The summed E-state index contributed by atoms with van der Waals surface area (Å²) < 4.78 is 27.3. The maximum Gasteiger partial charge on any atom is 0.201 e. The van der Waals surface area contributed by atoms with E-state index in [1.807, 2.05) is 0 Å². The molecule has 0 saturated carbocycles. The summed E-state index contributed by atoms with van der Waals surface area (Å²) in [6, 6.07) is 10.1. The number of hydrogen-bond donors (Lipinski definition) is 1. The molecule has 0 fully saturated rings. The van der Waals surface area contributed by atoms with Crippen LogP contribution in [-0.4, -0.2) is 10.9 Å². The number of hydrogen-bond acceptors (Lipinski definition) is 2. The standard InChI is InChI=1S/C14H9BrF2O2/c15-9-6-7-10(16)11(12(9)17)14(19)13(18)8-4-2-1-3-5-8/h1-7,13,18H. The third-order valence-corrected chi connectivity index (χ3v) is 3.27. The monoisotopic (exact) mass is 326 g/mol. The van der Waals surface area contributed by atoms with E-state index in [4.69, 9.17) is 0 Å². The average molecular weight is 327 g/mol. The first-order chi connectivity index (χ1) is 9.02. The van der Waals surface area contributed by atoms with Gasteiger partial charge < -0.3 is 5.11 Å². The van der Waals surface area contributed by atoms with Crippen molar-refractivity contribution in [1.29, 1.82) is 0 Å². The molecule has 2 aromatic carbocycles. The van der Waals surface area contributed by atoms with E-state index in [0.717, 1.165) is 12.1 Å². The van der Waals surface area contributed by atoms with Gasteiger partial charge in [-0.05, 0) is 33.6 Å². The Hall–Kier alpha value is -1.59. The number of carbonyl (C=O) groups excluding carboxylic acids is 1. The van der Waals surface area contributed by atoms with Crippen LogP contribution in [0.4, 0.5) is 8.78 Å². The predicted octanol–water partition coefficient (Wildman–Crippen LogP) is 3.64. The number of benzene rings is 2. The molecule has 98 valence electrons. The number of aliphatic hydroxyl groups excluding tert-OH is 1. The second-order valence-corrected chi connectivity index (χ2v) is 4.75. The molecule has 1 unspecified atom stereocenters. The number of rotatable bonds is 3. The molecule has 0 radical (unpaired) electrons. The van der Waals surface area contributed by atoms with E-state index in [2.05, 4.69) is 15.9 Å². The van der Waals surface area contributed by atoms with Gasteiger partial charge in [-0.25, -0.2) is 8.78 Å². The first kappa shape index (κ1) is 13.8. The molecule has 2 rings (SSSR count). The highest BCUT2D eigenvalue weighted by atomic mass is 79.9. The quantitative estimate of drug-likeness (QED) is 0.690. The van der Waals surface area contributed by atoms with Crippen LogP contribution < -0.4 is 0 Å². The van der Waals surface area contributed by atoms with Crippen LogP contribution in [0.3, 0.4) is 0 Å². The normalized spacial score (nSPS) is 12.2. The molecule has 0 aromatic heterocycles. The van der Waals surface area contributed by atoms with E-state index >= 15 is 0 Å². The Morgan fingerprint density at radius 1 is 1.11 bits per heavy atom. The van der Waals surface area contributed by atoms with Crippen LogP contribution >= 0.6 is 15.9 Å². The van der Waals surface area contributed by atoms with Gasteiger partial charge in [-0.2, -0.15) is 0 Å². The van der Waals surface area contributed by atoms with Crippen LogP contribution in [0.2, 0.25) is 0 Å². The predicted molar refractivity (Wildman–Crippen MR) is 69.8 cm³/mol. The molecule has 1 atom stereocenters. The van der Waals surface area contributed by atoms with Crippen LogP contribution in [0.5, 0.6) is 0 Å². The molecule has 1 N–H and O–H groups in total. The Morgan fingerprint density at radius 3 is 2.37 bits per heavy atom. The molecule has 0 amide bonds. The highest BCUT2D eigenvalue weighted by Gasteiger charge is 2.26. The summed E-state index contributed by atoms with van der Waals surface area (Å²) in [5.41, 5.74) is -0.461. The minimum Gasteiger partial charge on any atom is -0.380 e. The maximum absolute atomic E-state index is 13.8. The van der Waals surface area contributed by atoms with Gasteiger partial charge in [0.2, 0.25) is 5.78 Å². The van der Waals surface area contributed by atoms with Gasteiger partial charge >= 0.3 is 0 Å². The Labute approximate surface area is 116 Å². The van der Waals surface area contributed by atoms with E-state index in [9.17, 15) is 18.7 Å². The summed E-state index contributed by atoms with van der Waals surface area (Å²) in [7, 11) is 0. The first-order valence-corrected chi connectivity index (χ1v) is 6.22. The highest BCUT2D eigenvalue weighted by molar-refractivity contribution is 9.10. The zero-order chi connectivity index (χ0) is 14.0. The van der Waals surface area contributed by atoms with Crippen molar-refractivity contribution in [2.45, 2.75) is 6.10 Å². The van der Waals surface area contributed by atoms with Gasteiger partial charge in [0.25, 0.3) is 0 Å². The number of carbonyl (C=O) groups is 1. The van der Waals surface area contributed by atoms with E-state index in [1.54, 1.807) is 18.2 Å². The van der Waals surface area contributed by atoms with E-state index in [-0.39, 0.29) is 10.0 Å². The second kappa shape index (κ2) is 5.59. The van der Waals surface area contributed by atoms with Gasteiger partial charge in [0.1, 0.15) is 11.9 Å². The lowest BCUT2D eigenvalue weighted by Gasteiger charge is -2.11. The summed E-state index contributed by atoms with van der Waals surface area (Å²) in [5, 5.41) is 9.88. The molecule has 0 aliphatic carbocycles. The van der Waals surface area contributed by atoms with Crippen molar-refractivity contribution in [3.05, 3.63) is 69.7 Å². The number of Topliss-reactive ketones (excluding diaryl/α,β-unsaturated/α-hetero) is 1. The smallest absolute Gasteiger partial charge is 0.201 e. The minimum atomic E-state index is -1.60. The van der Waals surface area contributed by atoms with Gasteiger partial charge in [0, 0.05) is 0 Å². The van der Waals surface area contributed by atoms with Crippen LogP contribution in [0.25, 0.3) is 0 Å². The minimum absolute atomic E-state index is 0.0301. The van der Waals surface area contributed by atoms with E-state index in [1.165, 1.54) is 12.1 Å². The SMILES string of the molecule is O=C(c1c(F)ccc(Br)c1F)C(O)c1ccccc1. The molecule has 2 aromatic rings. The van der Waals surface area contributed by atoms with Crippen molar-refractivity contribution in [1.82, 2.24) is 0 Å². The first-order valence-electron chi connectivity index (χ1n) is 5.43. The molecule has 5 heteroatoms. The lowest BCUT2D eigenvalue weighted by atomic mass is 9.99. The lowest BCUT2D eigenvalue weighted by molar-refractivity contribution is 0.0738. The van der Waals surface area contributed by atoms with Crippen molar-refractivity contribution in [3.8, 4) is 0 Å². The summed E-state index contributed by atoms with van der Waals surface area (Å²) in [6.07, 6.45) is -1.60. The zero-order valence-electron chi connectivity index (χ0n) is 9.61. The second-order valence-electron chi connectivity index (χ2n) is 3.90. The van der Waals surface area contributed by atoms with Crippen molar-refractivity contribution < 1.29 is 18.7 Å². The number of halogens is 3. The molecule has 0 aliphatic rings. The van der Waals surface area contributed by atoms with Gasteiger partial charge in [0.15, 0.2) is 5.82 Å². The zero-order valence-corrected chi connectivity index (χ0v) is 11.2. The van der Waals surface area contributed by atoms with Gasteiger partial charge in [-0.15, -0.1) is 0 Å². The summed E-state index contributed by atoms with van der Waals surface area (Å²) in [6.45, 7) is 0. The molecule has 0 heterocycles. The topological polar surface area (TPSA) is 37.3 Å². The molecular formula is C14H9BrF2O2. The molecule has 19 heavy (non-hydrogen) atoms. The fourth-order valence-corrected chi connectivity index (χ4v) is 2.01. The number of aliphatic hydroxyl groups is 1. The highest BCUT2D eigenvalue weighted by Crippen LogP contribution is 2.26. The lowest BCUT2D eigenvalue weighted by Crippen LogP contribution is -2.16. The largest absolute Gasteiger partial charge is 0.380 e.